The maximum absolute atomic E-state index is 12.4. The zero-order valence-electron chi connectivity index (χ0n) is 12.4. The minimum atomic E-state index is -0.507. The number of fused-ring (bicyclic) bond motifs is 1. The quantitative estimate of drug-likeness (QED) is 0.225. The molecule has 0 N–H and O–H groups in total. The van der Waals surface area contributed by atoms with Crippen LogP contribution in [0.5, 0.6) is 0 Å². The summed E-state index contributed by atoms with van der Waals surface area (Å²) in [6.07, 6.45) is 1.47. The Hall–Kier alpha value is -1.69. The number of thiazole rings is 1. The summed E-state index contributed by atoms with van der Waals surface area (Å²) < 4.78 is 3.67. The topological polar surface area (TPSA) is 61.0 Å². The van der Waals surface area contributed by atoms with Crippen molar-refractivity contribution in [3.63, 3.8) is 0 Å². The van der Waals surface area contributed by atoms with Gasteiger partial charge in [0.15, 0.2) is 0 Å². The molecule has 0 bridgehead atoms. The molecule has 0 aliphatic heterocycles. The van der Waals surface area contributed by atoms with Crippen LogP contribution < -0.4 is 5.56 Å². The van der Waals surface area contributed by atoms with Gasteiger partial charge in [-0.15, -0.1) is 0 Å². The molecule has 0 unspecified atom stereocenters. The summed E-state index contributed by atoms with van der Waals surface area (Å²) in [5, 5.41) is 15.2. The monoisotopic (exact) mass is 381 g/mol. The maximum atomic E-state index is 12.4. The normalized spacial score (nSPS) is 13.0. The molecule has 22 heavy (non-hydrogen) atoms. The van der Waals surface area contributed by atoms with Gasteiger partial charge >= 0.3 is 138 Å². The van der Waals surface area contributed by atoms with Crippen LogP contribution in [0.4, 0.5) is 0 Å². The molecule has 0 aliphatic carbocycles. The summed E-state index contributed by atoms with van der Waals surface area (Å²) >= 11 is 1.29. The Bertz CT molecular complexity index is 915. The average Bonchev–Trinajstić information content (AvgIpc) is 3.03. The van der Waals surface area contributed by atoms with Crippen molar-refractivity contribution >= 4 is 41.9 Å². The van der Waals surface area contributed by atoms with E-state index in [0.29, 0.717) is 10.8 Å². The van der Waals surface area contributed by atoms with Crippen molar-refractivity contribution in [3.8, 4) is 5.13 Å². The molecule has 114 valence electrons. The Kier molecular flexibility index (Phi) is 3.80. The van der Waals surface area contributed by atoms with E-state index in [2.05, 4.69) is 4.98 Å². The fraction of sp³-hybridized carbons (Fsp3) is 0.267. The minimum absolute atomic E-state index is 0.00805. The standard InChI is InChI=1S/C15H15N3O2SSe/c1-15(2,3)17(20)8-10-9-21-14(16-10)18-13(19)11-6-4-5-7-12(11)22-18/h4-9H,1-3H3. The van der Waals surface area contributed by atoms with Crippen molar-refractivity contribution in [2.75, 3.05) is 0 Å². The Morgan fingerprint density at radius 2 is 2.09 bits per heavy atom. The molecule has 0 radical (unpaired) electrons. The van der Waals surface area contributed by atoms with Gasteiger partial charge in [0.2, 0.25) is 0 Å². The summed E-state index contributed by atoms with van der Waals surface area (Å²) in [5.74, 6) is 0. The van der Waals surface area contributed by atoms with Crippen molar-refractivity contribution < 1.29 is 4.74 Å². The molecule has 0 saturated heterocycles. The van der Waals surface area contributed by atoms with E-state index in [1.807, 2.05) is 45.0 Å². The summed E-state index contributed by atoms with van der Waals surface area (Å²) in [7, 11) is 0. The van der Waals surface area contributed by atoms with Gasteiger partial charge in [0, 0.05) is 0 Å². The van der Waals surface area contributed by atoms with Gasteiger partial charge in [-0.25, -0.2) is 0 Å². The molecule has 2 aromatic heterocycles. The van der Waals surface area contributed by atoms with Gasteiger partial charge in [0.05, 0.1) is 0 Å². The van der Waals surface area contributed by atoms with Crippen LogP contribution in [0.15, 0.2) is 34.4 Å². The summed E-state index contributed by atoms with van der Waals surface area (Å²) in [5.41, 5.74) is 0.0729. The third kappa shape index (κ3) is 2.79. The van der Waals surface area contributed by atoms with E-state index in [1.54, 1.807) is 8.94 Å². The second-order valence-electron chi connectivity index (χ2n) is 5.87. The van der Waals surface area contributed by atoms with Crippen LogP contribution in [-0.4, -0.2) is 39.8 Å². The Morgan fingerprint density at radius 1 is 1.36 bits per heavy atom. The summed E-state index contributed by atoms with van der Waals surface area (Å²) in [6, 6.07) is 7.64. The summed E-state index contributed by atoms with van der Waals surface area (Å²) in [4.78, 5) is 16.8. The Labute approximate surface area is 137 Å². The van der Waals surface area contributed by atoms with Crippen LogP contribution >= 0.6 is 11.3 Å². The first-order valence-corrected chi connectivity index (χ1v) is 9.25. The van der Waals surface area contributed by atoms with E-state index in [9.17, 15) is 10.0 Å². The van der Waals surface area contributed by atoms with Crippen molar-refractivity contribution in [1.29, 1.82) is 0 Å². The SMILES string of the molecule is CC(C)(C)[N+]([O-])=Cc1csc(-n2[se]c3ccccc3c2=O)n1. The van der Waals surface area contributed by atoms with Crippen LogP contribution in [0, 0.1) is 5.21 Å². The van der Waals surface area contributed by atoms with Gasteiger partial charge in [-0.1, -0.05) is 0 Å². The van der Waals surface area contributed by atoms with Gasteiger partial charge in [-0.3, -0.25) is 0 Å². The predicted molar refractivity (Wildman–Crippen MR) is 90.7 cm³/mol. The molecule has 5 nitrogen and oxygen atoms in total. The number of benzene rings is 1. The van der Waals surface area contributed by atoms with E-state index in [-0.39, 0.29) is 20.3 Å². The van der Waals surface area contributed by atoms with E-state index >= 15 is 0 Å². The van der Waals surface area contributed by atoms with Crippen molar-refractivity contribution in [3.05, 3.63) is 50.9 Å². The number of hydrogen-bond acceptors (Lipinski definition) is 4. The third-order valence-corrected chi connectivity index (χ3v) is 6.44. The van der Waals surface area contributed by atoms with E-state index < -0.39 is 5.54 Å². The first kappa shape index (κ1) is 15.2. The molecular formula is C15H15N3O2SSe. The molecule has 3 aromatic rings. The molecule has 1 aromatic carbocycles. The zero-order valence-corrected chi connectivity index (χ0v) is 15.0. The van der Waals surface area contributed by atoms with Crippen molar-refractivity contribution in [1.82, 2.24) is 8.55 Å². The van der Waals surface area contributed by atoms with Crippen LogP contribution in [0.1, 0.15) is 26.5 Å². The van der Waals surface area contributed by atoms with Gasteiger partial charge in [0.25, 0.3) is 0 Å². The Balaban J connectivity index is 2.03. The number of aromatic nitrogens is 2. The number of rotatable bonds is 2. The predicted octanol–water partition coefficient (Wildman–Crippen LogP) is 2.23. The van der Waals surface area contributed by atoms with Crippen LogP contribution in [0.3, 0.4) is 0 Å². The van der Waals surface area contributed by atoms with Crippen molar-refractivity contribution in [2.24, 2.45) is 0 Å². The molecule has 3 rings (SSSR count). The number of nitrogens with zero attached hydrogens (tertiary/aromatic N) is 3. The van der Waals surface area contributed by atoms with E-state index in [0.717, 1.165) is 14.4 Å². The zero-order chi connectivity index (χ0) is 15.9. The molecule has 0 aliphatic rings. The second kappa shape index (κ2) is 5.50. The molecule has 0 saturated carbocycles. The van der Waals surface area contributed by atoms with Gasteiger partial charge in [-0.05, 0) is 0 Å². The van der Waals surface area contributed by atoms with Crippen molar-refractivity contribution in [2.45, 2.75) is 26.3 Å². The summed E-state index contributed by atoms with van der Waals surface area (Å²) in [6.45, 7) is 5.52. The first-order valence-electron chi connectivity index (χ1n) is 6.74. The molecule has 2 heterocycles. The van der Waals surface area contributed by atoms with Gasteiger partial charge < -0.3 is 0 Å². The van der Waals surface area contributed by atoms with E-state index in [1.165, 1.54) is 17.6 Å². The molecule has 7 heteroatoms. The number of hydroxylamine groups is 1. The first-order chi connectivity index (χ1) is 10.4. The van der Waals surface area contributed by atoms with Crippen LogP contribution in [0.25, 0.3) is 14.8 Å². The third-order valence-electron chi connectivity index (χ3n) is 3.09. The molecule has 0 spiro atoms. The Morgan fingerprint density at radius 3 is 2.77 bits per heavy atom. The fourth-order valence-electron chi connectivity index (χ4n) is 1.84. The molecule has 0 fully saturated rings. The average molecular weight is 380 g/mol. The molecule has 0 atom stereocenters. The van der Waals surface area contributed by atoms with Gasteiger partial charge in [-0.2, -0.15) is 0 Å². The van der Waals surface area contributed by atoms with Gasteiger partial charge in [0.1, 0.15) is 0 Å². The van der Waals surface area contributed by atoms with Crippen LogP contribution in [0.2, 0.25) is 0 Å². The molecular weight excluding hydrogens is 365 g/mol. The second-order valence-corrected chi connectivity index (χ2v) is 8.78. The molecule has 0 amide bonds. The van der Waals surface area contributed by atoms with Crippen LogP contribution in [-0.2, 0) is 0 Å². The fourth-order valence-corrected chi connectivity index (χ4v) is 4.85. The van der Waals surface area contributed by atoms with E-state index in [4.69, 9.17) is 0 Å². The number of hydrogen-bond donors (Lipinski definition) is 0.